The fourth-order valence-electron chi connectivity index (χ4n) is 1.81. The third kappa shape index (κ3) is 4.12. The normalized spacial score (nSPS) is 11.0. The lowest BCUT2D eigenvalue weighted by atomic mass is 10.2. The Morgan fingerprint density at radius 2 is 1.77 bits per heavy atom. The van der Waals surface area contributed by atoms with Crippen molar-refractivity contribution in [3.8, 4) is 12.1 Å². The van der Waals surface area contributed by atoms with Gasteiger partial charge in [0.2, 0.25) is 0 Å². The molecule has 2 aromatic carbocycles. The maximum atomic E-state index is 12.2. The molecule has 2 rings (SSSR count). The summed E-state index contributed by atoms with van der Waals surface area (Å²) in [5.41, 5.74) is 1.20. The van der Waals surface area contributed by atoms with Crippen LogP contribution in [0.3, 0.4) is 0 Å². The summed E-state index contributed by atoms with van der Waals surface area (Å²) in [4.78, 5) is 13.0. The average molecular weight is 307 g/mol. The number of rotatable bonds is 5. The summed E-state index contributed by atoms with van der Waals surface area (Å²) in [5, 5.41) is 20.2. The predicted octanol–water partition coefficient (Wildman–Crippen LogP) is 3.84. The Balaban J connectivity index is 2.17. The first-order valence-corrected chi connectivity index (χ1v) is 7.51. The first kappa shape index (κ1) is 15.6. The maximum Gasteiger partial charge on any atom is 0.255 e. The quantitative estimate of drug-likeness (QED) is 0.851. The summed E-state index contributed by atoms with van der Waals surface area (Å²) < 4.78 is 0. The molecule has 0 radical (unpaired) electrons. The molecule has 5 heteroatoms. The Bertz CT molecular complexity index is 732. The fourth-order valence-corrected chi connectivity index (χ4v) is 2.73. The minimum absolute atomic E-state index is 0.141. The molecular formula is C17H13N3OS. The number of thioether (sulfide) groups is 1. The van der Waals surface area contributed by atoms with Gasteiger partial charge in [-0.2, -0.15) is 10.5 Å². The van der Waals surface area contributed by atoms with E-state index in [-0.39, 0.29) is 12.3 Å². The van der Waals surface area contributed by atoms with E-state index in [0.29, 0.717) is 11.3 Å². The lowest BCUT2D eigenvalue weighted by Crippen LogP contribution is -2.12. The molecule has 0 aliphatic heterocycles. The van der Waals surface area contributed by atoms with E-state index in [9.17, 15) is 4.79 Å². The molecular weight excluding hydrogens is 294 g/mol. The number of carbonyl (C=O) groups is 1. The molecule has 0 bridgehead atoms. The Morgan fingerprint density at radius 3 is 2.45 bits per heavy atom. The van der Waals surface area contributed by atoms with Crippen molar-refractivity contribution in [3.63, 3.8) is 0 Å². The van der Waals surface area contributed by atoms with Crippen molar-refractivity contribution < 1.29 is 4.79 Å². The molecule has 0 spiro atoms. The van der Waals surface area contributed by atoms with Crippen molar-refractivity contribution in [2.24, 2.45) is 0 Å². The van der Waals surface area contributed by atoms with Gasteiger partial charge in [0.05, 0.1) is 24.2 Å². The van der Waals surface area contributed by atoms with E-state index in [2.05, 4.69) is 11.4 Å². The maximum absolute atomic E-state index is 12.2. The van der Waals surface area contributed by atoms with Gasteiger partial charge in [0.15, 0.2) is 0 Å². The minimum Gasteiger partial charge on any atom is -0.321 e. The predicted molar refractivity (Wildman–Crippen MR) is 86.3 cm³/mol. The summed E-state index contributed by atoms with van der Waals surface area (Å²) >= 11 is 1.28. The highest BCUT2D eigenvalue weighted by molar-refractivity contribution is 8.00. The number of para-hydroxylation sites is 1. The van der Waals surface area contributed by atoms with Gasteiger partial charge in [0.1, 0.15) is 5.25 Å². The van der Waals surface area contributed by atoms with Crippen molar-refractivity contribution >= 4 is 23.4 Å². The second kappa shape index (κ2) is 7.87. The van der Waals surface area contributed by atoms with Gasteiger partial charge in [-0.1, -0.05) is 30.3 Å². The Morgan fingerprint density at radius 1 is 1.09 bits per heavy atom. The highest BCUT2D eigenvalue weighted by Gasteiger charge is 2.13. The third-order valence-corrected chi connectivity index (χ3v) is 4.03. The zero-order valence-corrected chi connectivity index (χ0v) is 12.5. The lowest BCUT2D eigenvalue weighted by Gasteiger charge is -2.12. The zero-order valence-electron chi connectivity index (χ0n) is 11.7. The monoisotopic (exact) mass is 307 g/mol. The van der Waals surface area contributed by atoms with E-state index in [1.165, 1.54) is 11.8 Å². The van der Waals surface area contributed by atoms with Crippen molar-refractivity contribution in [2.45, 2.75) is 16.6 Å². The number of anilines is 1. The molecule has 108 valence electrons. The van der Waals surface area contributed by atoms with Gasteiger partial charge < -0.3 is 5.32 Å². The van der Waals surface area contributed by atoms with E-state index in [1.807, 2.05) is 30.3 Å². The highest BCUT2D eigenvalue weighted by Crippen LogP contribution is 2.31. The summed E-state index contributed by atoms with van der Waals surface area (Å²) in [6.45, 7) is 0. The molecule has 22 heavy (non-hydrogen) atoms. The summed E-state index contributed by atoms with van der Waals surface area (Å²) in [5.74, 6) is -0.206. The first-order chi connectivity index (χ1) is 10.7. The van der Waals surface area contributed by atoms with Gasteiger partial charge in [0, 0.05) is 10.5 Å². The average Bonchev–Trinajstić information content (AvgIpc) is 2.56. The molecule has 0 aliphatic rings. The van der Waals surface area contributed by atoms with Crippen molar-refractivity contribution in [1.29, 1.82) is 10.5 Å². The number of hydrogen-bond acceptors (Lipinski definition) is 4. The van der Waals surface area contributed by atoms with Gasteiger partial charge in [-0.05, 0) is 24.3 Å². The molecule has 0 heterocycles. The van der Waals surface area contributed by atoms with E-state index in [4.69, 9.17) is 10.5 Å². The van der Waals surface area contributed by atoms with Crippen LogP contribution in [0.5, 0.6) is 0 Å². The zero-order chi connectivity index (χ0) is 15.8. The fraction of sp³-hybridized carbons (Fsp3) is 0.118. The molecule has 1 amide bonds. The van der Waals surface area contributed by atoms with Crippen LogP contribution in [0.15, 0.2) is 59.5 Å². The first-order valence-electron chi connectivity index (χ1n) is 6.63. The number of carbonyl (C=O) groups excluding carboxylic acids is 1. The summed E-state index contributed by atoms with van der Waals surface area (Å²) in [6.07, 6.45) is 0.141. The second-order valence-corrected chi connectivity index (χ2v) is 5.66. The number of nitrogens with zero attached hydrogens (tertiary/aromatic N) is 2. The number of hydrogen-bond donors (Lipinski definition) is 1. The SMILES string of the molecule is N#CCC(C#N)Sc1ccccc1NC(=O)c1ccccc1. The van der Waals surface area contributed by atoms with E-state index in [1.54, 1.807) is 30.3 Å². The van der Waals surface area contributed by atoms with E-state index >= 15 is 0 Å². The molecule has 0 aromatic heterocycles. The van der Waals surface area contributed by atoms with Crippen molar-refractivity contribution in [3.05, 3.63) is 60.2 Å². The van der Waals surface area contributed by atoms with Crippen LogP contribution >= 0.6 is 11.8 Å². The number of nitriles is 2. The smallest absolute Gasteiger partial charge is 0.255 e. The van der Waals surface area contributed by atoms with Gasteiger partial charge in [-0.25, -0.2) is 0 Å². The Kier molecular flexibility index (Phi) is 5.59. The van der Waals surface area contributed by atoms with Gasteiger partial charge in [0.25, 0.3) is 5.91 Å². The van der Waals surface area contributed by atoms with Crippen LogP contribution in [0, 0.1) is 22.7 Å². The third-order valence-electron chi connectivity index (χ3n) is 2.86. The van der Waals surface area contributed by atoms with E-state index in [0.717, 1.165) is 4.90 Å². The molecule has 4 nitrogen and oxygen atoms in total. The van der Waals surface area contributed by atoms with Gasteiger partial charge in [-0.3, -0.25) is 4.79 Å². The Hall–Kier alpha value is -2.76. The van der Waals surface area contributed by atoms with Crippen LogP contribution in [0.2, 0.25) is 0 Å². The lowest BCUT2D eigenvalue weighted by molar-refractivity contribution is 0.102. The molecule has 0 aliphatic carbocycles. The standard InChI is InChI=1S/C17H13N3OS/c18-11-10-14(12-19)22-16-9-5-4-8-15(16)20-17(21)13-6-2-1-3-7-13/h1-9,14H,10H2,(H,20,21). The van der Waals surface area contributed by atoms with E-state index < -0.39 is 5.25 Å². The largest absolute Gasteiger partial charge is 0.321 e. The molecule has 0 fully saturated rings. The number of amides is 1. The molecule has 2 aromatic rings. The molecule has 1 N–H and O–H groups in total. The van der Waals surface area contributed by atoms with Crippen molar-refractivity contribution in [2.75, 3.05) is 5.32 Å². The van der Waals surface area contributed by atoms with Crippen molar-refractivity contribution in [1.82, 2.24) is 0 Å². The summed E-state index contributed by atoms with van der Waals surface area (Å²) in [7, 11) is 0. The molecule has 0 saturated carbocycles. The van der Waals surface area contributed by atoms with Gasteiger partial charge in [-0.15, -0.1) is 11.8 Å². The molecule has 1 unspecified atom stereocenters. The Labute approximate surface area is 133 Å². The molecule has 1 atom stereocenters. The summed E-state index contributed by atoms with van der Waals surface area (Å²) in [6, 6.07) is 20.3. The van der Waals surface area contributed by atoms with Crippen LogP contribution in [-0.4, -0.2) is 11.2 Å². The highest BCUT2D eigenvalue weighted by atomic mass is 32.2. The second-order valence-electron chi connectivity index (χ2n) is 4.41. The number of nitrogens with one attached hydrogen (secondary N) is 1. The topological polar surface area (TPSA) is 76.7 Å². The van der Waals surface area contributed by atoms with Crippen LogP contribution in [0.4, 0.5) is 5.69 Å². The number of benzene rings is 2. The van der Waals surface area contributed by atoms with Gasteiger partial charge >= 0.3 is 0 Å². The van der Waals surface area contributed by atoms with Crippen LogP contribution in [-0.2, 0) is 0 Å². The minimum atomic E-state index is -0.459. The molecule has 0 saturated heterocycles. The van der Waals surface area contributed by atoms with Crippen LogP contribution in [0.1, 0.15) is 16.8 Å². The van der Waals surface area contributed by atoms with Crippen LogP contribution in [0.25, 0.3) is 0 Å². The van der Waals surface area contributed by atoms with Crippen LogP contribution < -0.4 is 5.32 Å².